The molecule has 1 aromatic carbocycles. The molecule has 0 saturated carbocycles. The molecule has 0 fully saturated rings. The van der Waals surface area contributed by atoms with Crippen molar-refractivity contribution < 1.29 is 4.74 Å². The second kappa shape index (κ2) is 7.98. The molecule has 3 heteroatoms. The van der Waals surface area contributed by atoms with Gasteiger partial charge in [0.15, 0.2) is 0 Å². The van der Waals surface area contributed by atoms with Crippen molar-refractivity contribution in [3.63, 3.8) is 0 Å². The molecule has 1 aromatic rings. The van der Waals surface area contributed by atoms with Crippen molar-refractivity contribution in [3.05, 3.63) is 28.8 Å². The van der Waals surface area contributed by atoms with Gasteiger partial charge in [0.2, 0.25) is 0 Å². The zero-order chi connectivity index (χ0) is 16.1. The van der Waals surface area contributed by atoms with Crippen LogP contribution in [0.15, 0.2) is 12.1 Å². The number of methoxy groups -OCH3 is 1. The highest BCUT2D eigenvalue weighted by atomic mass is 16.5. The molecule has 0 N–H and O–H groups in total. The smallest absolute Gasteiger partial charge is 0.123 e. The number of likely N-dealkylation sites (N-methyl/N-ethyl adjacent to an activating group) is 1. The second-order valence-electron chi connectivity index (χ2n) is 6.22. The monoisotopic (exact) mass is 304 g/mol. The van der Waals surface area contributed by atoms with Crippen molar-refractivity contribution in [2.75, 3.05) is 26.7 Å². The minimum absolute atomic E-state index is 0.687. The maximum absolute atomic E-state index is 5.68. The van der Waals surface area contributed by atoms with E-state index in [0.29, 0.717) is 6.04 Å². The van der Waals surface area contributed by atoms with E-state index in [1.165, 1.54) is 29.5 Å². The molecule has 1 atom stereocenters. The van der Waals surface area contributed by atoms with Gasteiger partial charge in [0, 0.05) is 24.7 Å². The molecule has 0 aromatic heterocycles. The Morgan fingerprint density at radius 3 is 2.41 bits per heavy atom. The summed E-state index contributed by atoms with van der Waals surface area (Å²) in [4.78, 5) is 5.04. The quantitative estimate of drug-likeness (QED) is 0.764. The number of ether oxygens (including phenoxy) is 1. The average Bonchev–Trinajstić information content (AvgIpc) is 2.57. The van der Waals surface area contributed by atoms with Crippen LogP contribution in [0, 0.1) is 0 Å². The van der Waals surface area contributed by atoms with Gasteiger partial charge in [0.25, 0.3) is 0 Å². The van der Waals surface area contributed by atoms with E-state index in [9.17, 15) is 0 Å². The third-order valence-electron chi connectivity index (χ3n) is 5.11. The molecular weight excluding hydrogens is 272 g/mol. The van der Waals surface area contributed by atoms with Crippen LogP contribution in [-0.4, -0.2) is 42.6 Å². The molecule has 1 unspecified atom stereocenters. The highest BCUT2D eigenvalue weighted by molar-refractivity contribution is 5.44. The van der Waals surface area contributed by atoms with Crippen LogP contribution in [0.25, 0.3) is 0 Å². The van der Waals surface area contributed by atoms with Crippen molar-refractivity contribution in [2.24, 2.45) is 0 Å². The summed E-state index contributed by atoms with van der Waals surface area (Å²) in [6.07, 6.45) is 2.40. The minimum atomic E-state index is 0.687. The second-order valence-corrected chi connectivity index (χ2v) is 6.22. The van der Waals surface area contributed by atoms with E-state index in [0.717, 1.165) is 38.5 Å². The predicted octanol–water partition coefficient (Wildman–Crippen LogP) is 3.69. The summed E-state index contributed by atoms with van der Waals surface area (Å²) in [5.41, 5.74) is 4.32. The van der Waals surface area contributed by atoms with Gasteiger partial charge in [0.1, 0.15) is 5.75 Å². The zero-order valence-electron chi connectivity index (χ0n) is 15.0. The Kier molecular flexibility index (Phi) is 6.27. The molecule has 0 saturated heterocycles. The number of rotatable bonds is 7. The molecule has 1 aliphatic heterocycles. The fraction of sp³-hybridized carbons (Fsp3) is 0.684. The SMILES string of the molecule is CCC1Cc2cc(CN(CC)CC)c(OC)cc2CN1CC. The van der Waals surface area contributed by atoms with Gasteiger partial charge in [-0.3, -0.25) is 9.80 Å². The van der Waals surface area contributed by atoms with Gasteiger partial charge in [-0.25, -0.2) is 0 Å². The molecule has 0 aliphatic carbocycles. The van der Waals surface area contributed by atoms with Crippen LogP contribution in [0.2, 0.25) is 0 Å². The molecule has 0 amide bonds. The Labute approximate surface area is 136 Å². The Morgan fingerprint density at radius 2 is 1.86 bits per heavy atom. The molecule has 0 spiro atoms. The van der Waals surface area contributed by atoms with E-state index < -0.39 is 0 Å². The fourth-order valence-corrected chi connectivity index (χ4v) is 3.56. The predicted molar refractivity (Wildman–Crippen MR) is 93.5 cm³/mol. The van der Waals surface area contributed by atoms with E-state index >= 15 is 0 Å². The van der Waals surface area contributed by atoms with Crippen LogP contribution >= 0.6 is 0 Å². The maximum atomic E-state index is 5.68. The molecule has 22 heavy (non-hydrogen) atoms. The molecule has 3 nitrogen and oxygen atoms in total. The van der Waals surface area contributed by atoms with Crippen LogP contribution in [0.3, 0.4) is 0 Å². The first-order valence-corrected chi connectivity index (χ1v) is 8.81. The first-order chi connectivity index (χ1) is 10.7. The first kappa shape index (κ1) is 17.3. The van der Waals surface area contributed by atoms with Crippen LogP contribution in [0.1, 0.15) is 50.8 Å². The van der Waals surface area contributed by atoms with Crippen molar-refractivity contribution in [3.8, 4) is 5.75 Å². The molecule has 0 radical (unpaired) electrons. The molecule has 1 heterocycles. The van der Waals surface area contributed by atoms with Crippen LogP contribution < -0.4 is 4.74 Å². The molecular formula is C19H32N2O. The molecule has 124 valence electrons. The maximum Gasteiger partial charge on any atom is 0.123 e. The molecule has 2 rings (SSSR count). The molecule has 1 aliphatic rings. The summed E-state index contributed by atoms with van der Waals surface area (Å²) >= 11 is 0. The minimum Gasteiger partial charge on any atom is -0.496 e. The van der Waals surface area contributed by atoms with Crippen molar-refractivity contribution in [1.82, 2.24) is 9.80 Å². The fourth-order valence-electron chi connectivity index (χ4n) is 3.56. The van der Waals surface area contributed by atoms with E-state index in [1.807, 2.05) is 0 Å². The molecule has 0 bridgehead atoms. The van der Waals surface area contributed by atoms with Crippen molar-refractivity contribution in [1.29, 1.82) is 0 Å². The van der Waals surface area contributed by atoms with Crippen molar-refractivity contribution >= 4 is 0 Å². The third kappa shape index (κ3) is 3.64. The lowest BCUT2D eigenvalue weighted by molar-refractivity contribution is 0.175. The largest absolute Gasteiger partial charge is 0.496 e. The van der Waals surface area contributed by atoms with Gasteiger partial charge in [-0.2, -0.15) is 0 Å². The first-order valence-electron chi connectivity index (χ1n) is 8.81. The lowest BCUT2D eigenvalue weighted by Crippen LogP contribution is -2.39. The van der Waals surface area contributed by atoms with Crippen molar-refractivity contribution in [2.45, 2.75) is 59.7 Å². The van der Waals surface area contributed by atoms with Crippen LogP contribution in [0.5, 0.6) is 5.75 Å². The van der Waals surface area contributed by atoms with Gasteiger partial charge in [0.05, 0.1) is 7.11 Å². The van der Waals surface area contributed by atoms with Crippen LogP contribution in [0.4, 0.5) is 0 Å². The number of nitrogens with zero attached hydrogens (tertiary/aromatic N) is 2. The summed E-state index contributed by atoms with van der Waals surface area (Å²) in [6, 6.07) is 5.37. The number of fused-ring (bicyclic) bond motifs is 1. The Morgan fingerprint density at radius 1 is 1.14 bits per heavy atom. The van der Waals surface area contributed by atoms with E-state index in [2.05, 4.69) is 49.6 Å². The van der Waals surface area contributed by atoms with Gasteiger partial charge >= 0.3 is 0 Å². The highest BCUT2D eigenvalue weighted by Gasteiger charge is 2.25. The van der Waals surface area contributed by atoms with E-state index in [1.54, 1.807) is 7.11 Å². The Balaban J connectivity index is 2.31. The van der Waals surface area contributed by atoms with Gasteiger partial charge in [-0.1, -0.05) is 33.8 Å². The van der Waals surface area contributed by atoms with Crippen LogP contribution in [-0.2, 0) is 19.5 Å². The summed E-state index contributed by atoms with van der Waals surface area (Å²) < 4.78 is 5.68. The Hall–Kier alpha value is -1.06. The number of benzene rings is 1. The lowest BCUT2D eigenvalue weighted by atomic mass is 9.90. The number of hydrogen-bond donors (Lipinski definition) is 0. The van der Waals surface area contributed by atoms with Gasteiger partial charge < -0.3 is 4.74 Å². The summed E-state index contributed by atoms with van der Waals surface area (Å²) in [5, 5.41) is 0. The normalized spacial score (nSPS) is 18.5. The topological polar surface area (TPSA) is 15.7 Å². The Bertz CT molecular complexity index is 483. The van der Waals surface area contributed by atoms with Gasteiger partial charge in [-0.05, 0) is 49.7 Å². The van der Waals surface area contributed by atoms with Gasteiger partial charge in [-0.15, -0.1) is 0 Å². The standard InChI is InChI=1S/C19H32N2O/c1-6-18-11-15-10-17(13-20(7-2)8-3)19(22-5)12-16(15)14-21(18)9-4/h10,12,18H,6-9,11,13-14H2,1-5H3. The summed E-state index contributed by atoms with van der Waals surface area (Å²) in [7, 11) is 1.79. The number of hydrogen-bond acceptors (Lipinski definition) is 3. The lowest BCUT2D eigenvalue weighted by Gasteiger charge is -2.36. The summed E-state index contributed by atoms with van der Waals surface area (Å²) in [6.45, 7) is 14.3. The summed E-state index contributed by atoms with van der Waals surface area (Å²) in [5.74, 6) is 1.05. The van der Waals surface area contributed by atoms with E-state index in [-0.39, 0.29) is 0 Å². The zero-order valence-corrected chi connectivity index (χ0v) is 15.0. The third-order valence-corrected chi connectivity index (χ3v) is 5.11. The van der Waals surface area contributed by atoms with E-state index in [4.69, 9.17) is 4.74 Å². The highest BCUT2D eigenvalue weighted by Crippen LogP contribution is 2.31. The average molecular weight is 304 g/mol.